The Labute approximate surface area is 387 Å². The lowest BCUT2D eigenvalue weighted by atomic mass is 9.82. The molecule has 66 heavy (non-hydrogen) atoms. The number of anilines is 1. The molecule has 0 saturated heterocycles. The van der Waals surface area contributed by atoms with Gasteiger partial charge in [-0.1, -0.05) is 62.9 Å². The molecule has 348 valence electrons. The number of esters is 1. The van der Waals surface area contributed by atoms with Gasteiger partial charge >= 0.3 is 5.97 Å². The molecule has 0 radical (unpaired) electrons. The number of benzene rings is 3. The minimum absolute atomic E-state index is 0.00225. The van der Waals surface area contributed by atoms with Crippen LogP contribution >= 0.6 is 0 Å². The van der Waals surface area contributed by atoms with Crippen LogP contribution in [0.25, 0.3) is 10.8 Å². The SMILES string of the molecule is CCC1CCC(OC(C)=O)CC(=O)CC(c2cc(O)c(O)c(OC)c2)n2cc3cccc(c3c2)N(CCC(=O)C2CCCCC2)C2=CC(=CCN2)C(c2cccc(O)c2)Cc2c[nH]cc2C1. The summed E-state index contributed by atoms with van der Waals surface area (Å²) >= 11 is 0. The highest BCUT2D eigenvalue weighted by molar-refractivity contribution is 5.95. The van der Waals surface area contributed by atoms with Crippen LogP contribution in [0.15, 0.2) is 103 Å². The van der Waals surface area contributed by atoms with Crippen molar-refractivity contribution < 1.29 is 39.2 Å². The van der Waals surface area contributed by atoms with Gasteiger partial charge in [-0.15, -0.1) is 0 Å². The summed E-state index contributed by atoms with van der Waals surface area (Å²) in [4.78, 5) is 46.4. The zero-order chi connectivity index (χ0) is 46.3. The van der Waals surface area contributed by atoms with Crippen molar-refractivity contribution >= 4 is 34.0 Å². The summed E-state index contributed by atoms with van der Waals surface area (Å²) in [5.41, 5.74) is 5.89. The quantitative estimate of drug-likeness (QED) is 0.0710. The summed E-state index contributed by atoms with van der Waals surface area (Å²) in [6.45, 7) is 4.53. The summed E-state index contributed by atoms with van der Waals surface area (Å²) < 4.78 is 13.3. The third kappa shape index (κ3) is 10.6. The van der Waals surface area contributed by atoms with Crippen molar-refractivity contribution in [3.8, 4) is 23.0 Å². The number of phenols is 3. The lowest BCUT2D eigenvalue weighted by Gasteiger charge is -2.33. The Kier molecular flexibility index (Phi) is 14.5. The summed E-state index contributed by atoms with van der Waals surface area (Å²) in [7, 11) is 1.41. The lowest BCUT2D eigenvalue weighted by molar-refractivity contribution is -0.148. The monoisotopic (exact) mass is 896 g/mol. The maximum absolute atomic E-state index is 14.4. The van der Waals surface area contributed by atoms with Gasteiger partial charge in [-0.3, -0.25) is 14.4 Å². The number of nitrogens with zero attached hydrogens (tertiary/aromatic N) is 2. The molecule has 0 spiro atoms. The zero-order valence-electron chi connectivity index (χ0n) is 38.4. The highest BCUT2D eigenvalue weighted by Crippen LogP contribution is 2.42. The molecule has 5 N–H and O–H groups in total. The molecule has 4 unspecified atom stereocenters. The topological polar surface area (TPSA) is 166 Å². The van der Waals surface area contributed by atoms with Gasteiger partial charge in [0.05, 0.1) is 18.8 Å². The highest BCUT2D eigenvalue weighted by atomic mass is 16.5. The van der Waals surface area contributed by atoms with Crippen molar-refractivity contribution in [1.29, 1.82) is 0 Å². The molecule has 8 rings (SSSR count). The van der Waals surface area contributed by atoms with Crippen LogP contribution < -0.4 is 15.0 Å². The predicted molar refractivity (Wildman–Crippen MR) is 256 cm³/mol. The van der Waals surface area contributed by atoms with Gasteiger partial charge in [-0.2, -0.15) is 0 Å². The second kappa shape index (κ2) is 20.8. The van der Waals surface area contributed by atoms with Gasteiger partial charge in [0.2, 0.25) is 5.75 Å². The van der Waals surface area contributed by atoms with Crippen molar-refractivity contribution in [2.75, 3.05) is 25.1 Å². The first-order valence-electron chi connectivity index (χ1n) is 23.8. The second-order valence-electron chi connectivity index (χ2n) is 18.5. The number of nitrogens with one attached hydrogen (secondary N) is 2. The number of Topliss-reactive ketones (excluding diaryl/α,β-unsaturated/α-hetero) is 2. The van der Waals surface area contributed by atoms with E-state index in [1.165, 1.54) is 37.6 Å². The fourth-order valence-corrected chi connectivity index (χ4v) is 10.5. The molecular weight excluding hydrogens is 833 g/mol. The molecule has 3 aliphatic rings. The molecule has 4 bridgehead atoms. The van der Waals surface area contributed by atoms with Crippen molar-refractivity contribution in [1.82, 2.24) is 14.9 Å². The van der Waals surface area contributed by atoms with E-state index in [0.29, 0.717) is 37.9 Å². The number of fused-ring (bicyclic) bond motifs is 3. The fraction of sp³-hybridized carbons (Fsp3) is 0.426. The van der Waals surface area contributed by atoms with E-state index in [2.05, 4.69) is 58.8 Å². The predicted octanol–water partition coefficient (Wildman–Crippen LogP) is 10.1. The van der Waals surface area contributed by atoms with Crippen LogP contribution in [0.1, 0.15) is 119 Å². The number of methoxy groups -OCH3 is 1. The minimum atomic E-state index is -0.647. The molecule has 12 heteroatoms. The normalized spacial score (nSPS) is 21.3. The zero-order valence-corrected chi connectivity index (χ0v) is 38.4. The number of rotatable bonds is 9. The van der Waals surface area contributed by atoms with Crippen LogP contribution in [-0.4, -0.2) is 68.7 Å². The highest BCUT2D eigenvalue weighted by Gasteiger charge is 2.30. The number of hydrogen-bond donors (Lipinski definition) is 5. The molecule has 2 aromatic heterocycles. The van der Waals surface area contributed by atoms with Gasteiger partial charge in [-0.25, -0.2) is 0 Å². The first-order chi connectivity index (χ1) is 32.0. The van der Waals surface area contributed by atoms with Crippen LogP contribution in [0.2, 0.25) is 0 Å². The van der Waals surface area contributed by atoms with E-state index in [-0.39, 0.29) is 59.4 Å². The number of aromatic hydroxyl groups is 3. The lowest BCUT2D eigenvalue weighted by Crippen LogP contribution is -2.36. The third-order valence-corrected chi connectivity index (χ3v) is 14.1. The van der Waals surface area contributed by atoms with Crippen LogP contribution in [-0.2, 0) is 32.0 Å². The van der Waals surface area contributed by atoms with E-state index < -0.39 is 23.9 Å². The van der Waals surface area contributed by atoms with Gasteiger partial charge in [0.15, 0.2) is 11.5 Å². The number of aromatic amines is 1. The van der Waals surface area contributed by atoms with E-state index in [0.717, 1.165) is 78.4 Å². The van der Waals surface area contributed by atoms with Crippen LogP contribution in [0.4, 0.5) is 5.69 Å². The average molecular weight is 897 g/mol. The van der Waals surface area contributed by atoms with Crippen molar-refractivity contribution in [3.63, 3.8) is 0 Å². The molecule has 2 aliphatic heterocycles. The third-order valence-electron chi connectivity index (χ3n) is 14.1. The van der Waals surface area contributed by atoms with Crippen molar-refractivity contribution in [3.05, 3.63) is 125 Å². The van der Waals surface area contributed by atoms with E-state index in [1.54, 1.807) is 12.1 Å². The van der Waals surface area contributed by atoms with E-state index in [4.69, 9.17) is 9.47 Å². The van der Waals surface area contributed by atoms with Gasteiger partial charge in [0.1, 0.15) is 29.2 Å². The number of dihydropyridines is 1. The molecule has 5 aromatic rings. The number of aromatic nitrogens is 2. The number of hydrogen-bond acceptors (Lipinski definition) is 10. The van der Waals surface area contributed by atoms with E-state index >= 15 is 0 Å². The Morgan fingerprint density at radius 2 is 1.65 bits per heavy atom. The first kappa shape index (κ1) is 46.1. The molecule has 3 aromatic carbocycles. The Hall–Kier alpha value is -6.43. The number of allylic oxidation sites excluding steroid dienone is 2. The van der Waals surface area contributed by atoms with Gasteiger partial charge in [0.25, 0.3) is 0 Å². The Balaban J connectivity index is 1.28. The molecule has 4 heterocycles. The number of carbonyl (C=O) groups excluding carboxylic acids is 3. The molecular formula is C54H64N4O8. The van der Waals surface area contributed by atoms with Crippen LogP contribution in [0.5, 0.6) is 23.0 Å². The molecule has 4 atom stereocenters. The molecule has 1 fully saturated rings. The molecule has 0 amide bonds. The summed E-state index contributed by atoms with van der Waals surface area (Å²) in [6, 6.07) is 16.1. The minimum Gasteiger partial charge on any atom is -0.508 e. The van der Waals surface area contributed by atoms with Gasteiger partial charge < -0.3 is 44.6 Å². The first-order valence-corrected chi connectivity index (χ1v) is 23.8. The number of phenolic OH excluding ortho intramolecular Hbond substituents is 3. The van der Waals surface area contributed by atoms with Crippen LogP contribution in [0, 0.1) is 11.8 Å². The average Bonchev–Trinajstić information content (AvgIpc) is 3.96. The molecule has 1 saturated carbocycles. The summed E-state index contributed by atoms with van der Waals surface area (Å²) in [5.74, 6) is 0.274. The van der Waals surface area contributed by atoms with Crippen molar-refractivity contribution in [2.45, 2.75) is 115 Å². The van der Waals surface area contributed by atoms with Crippen LogP contribution in [0.3, 0.4) is 0 Å². The Morgan fingerprint density at radius 3 is 2.41 bits per heavy atom. The number of ketones is 2. The molecule has 1 aliphatic carbocycles. The largest absolute Gasteiger partial charge is 0.508 e. The van der Waals surface area contributed by atoms with Gasteiger partial charge in [0, 0.05) is 86.7 Å². The number of ether oxygens (including phenoxy) is 2. The van der Waals surface area contributed by atoms with E-state index in [1.807, 2.05) is 41.2 Å². The van der Waals surface area contributed by atoms with E-state index in [9.17, 15) is 29.7 Å². The second-order valence-corrected chi connectivity index (χ2v) is 18.5. The standard InChI is InChI=1S/C54H64N4O8/c1-4-35-16-17-45(66-34(2)59)28-44(61)29-49(40-25-51(63)54(64)52(26-40)65-3)57-32-39-13-9-15-48(47(39)33-57)58(21-19-50(62)36-10-6-5-7-11-36)53-27-38(18-20-56-53)46(37-12-8-14-43(60)23-37)24-42-31-55-30-41(42)22-35/h8-9,12-15,18,23,25-27,30-33,35-36,45-46,49,55-56,60,63-64H,4-7,10-11,16-17,19-22,24,28-29H2,1-3H3. The van der Waals surface area contributed by atoms with Crippen molar-refractivity contribution in [2.24, 2.45) is 11.8 Å². The molecule has 12 nitrogen and oxygen atoms in total. The summed E-state index contributed by atoms with van der Waals surface area (Å²) in [5, 5.41) is 37.8. The Bertz CT molecular complexity index is 2600. The number of carbonyl (C=O) groups is 3. The maximum Gasteiger partial charge on any atom is 0.302 e. The fourth-order valence-electron chi connectivity index (χ4n) is 10.5. The number of H-pyrrole nitrogens is 1. The Morgan fingerprint density at radius 1 is 0.864 bits per heavy atom. The smallest absolute Gasteiger partial charge is 0.302 e. The maximum atomic E-state index is 14.4. The summed E-state index contributed by atoms with van der Waals surface area (Å²) in [6.07, 6.45) is 21.1. The van der Waals surface area contributed by atoms with Gasteiger partial charge in [-0.05, 0) is 109 Å².